The molecule has 5 rings (SSSR count). The van der Waals surface area contributed by atoms with E-state index in [4.69, 9.17) is 0 Å². The van der Waals surface area contributed by atoms with Gasteiger partial charge in [-0.3, -0.25) is 19.8 Å². The van der Waals surface area contributed by atoms with Crippen molar-refractivity contribution in [1.29, 1.82) is 0 Å². The molecule has 1 atom stereocenters. The van der Waals surface area contributed by atoms with Gasteiger partial charge >= 0.3 is 6.18 Å². The zero-order chi connectivity index (χ0) is 30.6. The minimum atomic E-state index is -4.37. The molecule has 43 heavy (non-hydrogen) atoms. The van der Waals surface area contributed by atoms with Crippen LogP contribution in [0.4, 0.5) is 30.8 Å². The summed E-state index contributed by atoms with van der Waals surface area (Å²) in [6.07, 6.45) is 1.61. The fourth-order valence-corrected chi connectivity index (χ4v) is 4.70. The van der Waals surface area contributed by atoms with E-state index in [-0.39, 0.29) is 49.3 Å². The van der Waals surface area contributed by atoms with Crippen LogP contribution < -0.4 is 15.5 Å². The molecule has 1 saturated heterocycles. The first-order chi connectivity index (χ1) is 20.6. The van der Waals surface area contributed by atoms with E-state index in [9.17, 15) is 28.0 Å². The maximum absolute atomic E-state index is 13.3. The second-order valence-corrected chi connectivity index (χ2v) is 9.62. The molecule has 224 valence electrons. The summed E-state index contributed by atoms with van der Waals surface area (Å²) >= 11 is 0. The number of hydrogen-bond donors (Lipinski definition) is 3. The van der Waals surface area contributed by atoms with Gasteiger partial charge in [-0.1, -0.05) is 12.1 Å². The largest absolute Gasteiger partial charge is 0.408 e. The van der Waals surface area contributed by atoms with Gasteiger partial charge in [-0.2, -0.15) is 13.2 Å². The SMILES string of the molecule is CNc1ncn(CC(=O)Nc2cccc(-c3cnc(N4CCC[C@H]4C(F)(F)F)nc3)n2)c1C(=O)N(O)Cc1ccccn1. The van der Waals surface area contributed by atoms with Gasteiger partial charge in [0.2, 0.25) is 11.9 Å². The van der Waals surface area contributed by atoms with Gasteiger partial charge in [0.25, 0.3) is 5.91 Å². The third-order valence-electron chi connectivity index (χ3n) is 6.70. The summed E-state index contributed by atoms with van der Waals surface area (Å²) in [7, 11) is 1.55. The Bertz CT molecular complexity index is 1580. The monoisotopic (exact) mass is 596 g/mol. The van der Waals surface area contributed by atoms with Crippen molar-refractivity contribution >= 4 is 29.4 Å². The highest BCUT2D eigenvalue weighted by Crippen LogP contribution is 2.34. The molecule has 16 heteroatoms. The van der Waals surface area contributed by atoms with Crippen LogP contribution in [-0.2, 0) is 17.9 Å². The number of anilines is 3. The normalized spacial score (nSPS) is 14.9. The predicted octanol–water partition coefficient (Wildman–Crippen LogP) is 3.37. The first kappa shape index (κ1) is 29.4. The van der Waals surface area contributed by atoms with Crippen LogP contribution in [0.2, 0.25) is 0 Å². The number of carbonyl (C=O) groups is 2. The van der Waals surface area contributed by atoms with Crippen LogP contribution in [0.3, 0.4) is 0 Å². The summed E-state index contributed by atoms with van der Waals surface area (Å²) in [5.74, 6) is -0.992. The van der Waals surface area contributed by atoms with Gasteiger partial charge in [-0.05, 0) is 37.1 Å². The van der Waals surface area contributed by atoms with Gasteiger partial charge in [0.15, 0.2) is 11.5 Å². The maximum Gasteiger partial charge on any atom is 0.408 e. The lowest BCUT2D eigenvalue weighted by atomic mass is 10.2. The van der Waals surface area contributed by atoms with Crippen LogP contribution in [0.25, 0.3) is 11.3 Å². The molecule has 0 saturated carbocycles. The van der Waals surface area contributed by atoms with Crippen molar-refractivity contribution < 1.29 is 28.0 Å². The van der Waals surface area contributed by atoms with Crippen molar-refractivity contribution in [3.05, 3.63) is 72.7 Å². The fraction of sp³-hybridized carbons (Fsp3) is 0.296. The number of nitrogens with one attached hydrogen (secondary N) is 2. The molecule has 1 aliphatic heterocycles. The number of halogens is 3. The van der Waals surface area contributed by atoms with Crippen molar-refractivity contribution in [3.63, 3.8) is 0 Å². The van der Waals surface area contributed by atoms with E-state index in [1.807, 2.05) is 0 Å². The lowest BCUT2D eigenvalue weighted by Crippen LogP contribution is -2.42. The van der Waals surface area contributed by atoms with E-state index in [1.165, 1.54) is 29.5 Å². The third-order valence-corrected chi connectivity index (χ3v) is 6.70. The minimum Gasteiger partial charge on any atom is -0.371 e. The molecular weight excluding hydrogens is 569 g/mol. The smallest absolute Gasteiger partial charge is 0.371 e. The number of amides is 2. The Labute approximate surface area is 243 Å². The number of hydrogen-bond acceptors (Lipinski definition) is 10. The standard InChI is InChI=1S/C27H27F3N10O3/c1-31-24-23(25(42)40(43)14-18-6-2-3-10-32-18)38(16-35-24)15-22(41)37-21-9-4-7-19(36-21)17-12-33-26(34-13-17)39-11-5-8-20(39)27(28,29)30/h2-4,6-7,9-10,12-13,16,20,31,43H,5,8,11,14-15H2,1H3,(H,36,37,41)/t20-/m0/s1. The summed E-state index contributed by atoms with van der Waals surface area (Å²) in [4.78, 5) is 48.0. The zero-order valence-electron chi connectivity index (χ0n) is 22.9. The van der Waals surface area contributed by atoms with Gasteiger partial charge in [-0.15, -0.1) is 0 Å². The summed E-state index contributed by atoms with van der Waals surface area (Å²) in [5, 5.41) is 16.3. The van der Waals surface area contributed by atoms with Crippen LogP contribution in [0, 0.1) is 0 Å². The highest BCUT2D eigenvalue weighted by Gasteiger charge is 2.46. The number of rotatable bonds is 9. The van der Waals surface area contributed by atoms with Crippen LogP contribution >= 0.6 is 0 Å². The molecule has 1 aliphatic rings. The molecule has 0 bridgehead atoms. The quantitative estimate of drug-likeness (QED) is 0.194. The molecular formula is C27H27F3N10O3. The molecule has 0 radical (unpaired) electrons. The van der Waals surface area contributed by atoms with Gasteiger partial charge in [0.1, 0.15) is 18.4 Å². The van der Waals surface area contributed by atoms with Crippen molar-refractivity contribution in [2.45, 2.75) is 38.1 Å². The summed E-state index contributed by atoms with van der Waals surface area (Å²) in [5.41, 5.74) is 1.25. The van der Waals surface area contributed by atoms with E-state index >= 15 is 0 Å². The van der Waals surface area contributed by atoms with Crippen LogP contribution in [0.15, 0.2) is 61.3 Å². The molecule has 5 heterocycles. The number of imidazole rings is 1. The van der Waals surface area contributed by atoms with Crippen molar-refractivity contribution in [2.24, 2.45) is 0 Å². The summed E-state index contributed by atoms with van der Waals surface area (Å²) < 4.78 is 41.3. The number of hydroxylamine groups is 2. The number of carbonyl (C=O) groups excluding carboxylic acids is 2. The summed E-state index contributed by atoms with van der Waals surface area (Å²) in [6.45, 7) is -0.292. The highest BCUT2D eigenvalue weighted by atomic mass is 19.4. The molecule has 0 unspecified atom stereocenters. The Morgan fingerprint density at radius 2 is 1.88 bits per heavy atom. The molecule has 4 aromatic rings. The molecule has 2 amide bonds. The molecule has 0 aliphatic carbocycles. The molecule has 13 nitrogen and oxygen atoms in total. The van der Waals surface area contributed by atoms with Crippen molar-refractivity contribution in [3.8, 4) is 11.3 Å². The van der Waals surface area contributed by atoms with E-state index < -0.39 is 24.0 Å². The van der Waals surface area contributed by atoms with Gasteiger partial charge in [0.05, 0.1) is 24.3 Å². The number of nitrogens with zero attached hydrogens (tertiary/aromatic N) is 8. The second-order valence-electron chi connectivity index (χ2n) is 9.62. The van der Waals surface area contributed by atoms with E-state index in [0.29, 0.717) is 28.4 Å². The molecule has 0 aromatic carbocycles. The predicted molar refractivity (Wildman–Crippen MR) is 148 cm³/mol. The second kappa shape index (κ2) is 12.4. The van der Waals surface area contributed by atoms with Gasteiger partial charge < -0.3 is 20.1 Å². The zero-order valence-corrected chi connectivity index (χ0v) is 22.9. The third kappa shape index (κ3) is 6.69. The van der Waals surface area contributed by atoms with Gasteiger partial charge in [-0.25, -0.2) is 25.0 Å². The van der Waals surface area contributed by atoms with Gasteiger partial charge in [0, 0.05) is 37.7 Å². The first-order valence-corrected chi connectivity index (χ1v) is 13.2. The molecule has 0 spiro atoms. The average Bonchev–Trinajstić information content (AvgIpc) is 3.65. The first-order valence-electron chi connectivity index (χ1n) is 13.2. The number of alkyl halides is 3. The van der Waals surface area contributed by atoms with Crippen molar-refractivity contribution in [2.75, 3.05) is 29.1 Å². The Morgan fingerprint density at radius 3 is 2.58 bits per heavy atom. The topological polar surface area (TPSA) is 154 Å². The Balaban J connectivity index is 1.26. The molecule has 3 N–H and O–H groups in total. The summed E-state index contributed by atoms with van der Waals surface area (Å²) in [6, 6.07) is 8.30. The van der Waals surface area contributed by atoms with E-state index in [0.717, 1.165) is 4.90 Å². The Morgan fingerprint density at radius 1 is 1.09 bits per heavy atom. The van der Waals surface area contributed by atoms with Crippen LogP contribution in [0.5, 0.6) is 0 Å². The van der Waals surface area contributed by atoms with Crippen molar-refractivity contribution in [1.82, 2.24) is 34.6 Å². The minimum absolute atomic E-state index is 0.00761. The average molecular weight is 597 g/mol. The molecule has 1 fully saturated rings. The Hall–Kier alpha value is -5.12. The number of aromatic nitrogens is 6. The van der Waals surface area contributed by atoms with E-state index in [2.05, 4.69) is 35.6 Å². The van der Waals surface area contributed by atoms with Crippen LogP contribution in [-0.4, -0.2) is 77.4 Å². The lowest BCUT2D eigenvalue weighted by Gasteiger charge is -2.26. The fourth-order valence-electron chi connectivity index (χ4n) is 4.70. The maximum atomic E-state index is 13.3. The number of pyridine rings is 2. The molecule has 4 aromatic heterocycles. The highest BCUT2D eigenvalue weighted by molar-refractivity contribution is 5.97. The van der Waals surface area contributed by atoms with E-state index in [1.54, 1.807) is 43.4 Å². The Kier molecular flexibility index (Phi) is 8.47. The lowest BCUT2D eigenvalue weighted by molar-refractivity contribution is -0.146. The van der Waals surface area contributed by atoms with Crippen LogP contribution in [0.1, 0.15) is 29.0 Å².